The van der Waals surface area contributed by atoms with Gasteiger partial charge in [0.15, 0.2) is 11.5 Å². The van der Waals surface area contributed by atoms with Crippen LogP contribution in [0.25, 0.3) is 0 Å². The first kappa shape index (κ1) is 23.5. The van der Waals surface area contributed by atoms with Crippen LogP contribution in [0.15, 0.2) is 42.5 Å². The first-order chi connectivity index (χ1) is 15.1. The van der Waals surface area contributed by atoms with E-state index in [1.165, 1.54) is 30.6 Å². The SMILES string of the molecule is CC[NH+]1CC[NH+](CC(O)COc2ccc(C[NH2+]Cc3ccccc3F)cc2OC)CC1. The molecule has 0 aliphatic carbocycles. The van der Waals surface area contributed by atoms with Crippen LogP contribution in [0.2, 0.25) is 0 Å². The van der Waals surface area contributed by atoms with Crippen molar-refractivity contribution in [2.45, 2.75) is 26.1 Å². The number of piperazine rings is 1. The Morgan fingerprint density at radius 2 is 1.77 bits per heavy atom. The summed E-state index contributed by atoms with van der Waals surface area (Å²) in [5, 5.41) is 12.5. The molecule has 7 heteroatoms. The van der Waals surface area contributed by atoms with E-state index < -0.39 is 6.10 Å². The molecule has 170 valence electrons. The lowest BCUT2D eigenvalue weighted by Gasteiger charge is -2.30. The second-order valence-corrected chi connectivity index (χ2v) is 8.30. The number of hydrogen-bond donors (Lipinski definition) is 4. The van der Waals surface area contributed by atoms with Gasteiger partial charge in [0.05, 0.1) is 13.7 Å². The standard InChI is InChI=1S/C24H34FN3O3/c1-3-27-10-12-28(13-11-27)17-21(29)18-31-23-9-8-19(14-24(23)30-2)15-26-16-20-6-4-5-7-22(20)25/h4-9,14,21,26,29H,3,10-13,15-18H2,1-2H3/p+3. The summed E-state index contributed by atoms with van der Waals surface area (Å²) >= 11 is 0. The summed E-state index contributed by atoms with van der Waals surface area (Å²) < 4.78 is 25.1. The maximum Gasteiger partial charge on any atom is 0.161 e. The molecule has 2 aromatic carbocycles. The van der Waals surface area contributed by atoms with Gasteiger partial charge in [-0.2, -0.15) is 0 Å². The first-order valence-corrected chi connectivity index (χ1v) is 11.3. The fraction of sp³-hybridized carbons (Fsp3) is 0.500. The maximum atomic E-state index is 13.7. The molecule has 31 heavy (non-hydrogen) atoms. The number of nitrogens with one attached hydrogen (secondary N) is 2. The molecule has 0 saturated carbocycles. The third-order valence-corrected chi connectivity index (χ3v) is 6.05. The van der Waals surface area contributed by atoms with E-state index in [0.717, 1.165) is 18.7 Å². The van der Waals surface area contributed by atoms with E-state index in [-0.39, 0.29) is 12.4 Å². The molecule has 1 saturated heterocycles. The zero-order chi connectivity index (χ0) is 22.1. The average molecular weight is 435 g/mol. The number of benzene rings is 2. The van der Waals surface area contributed by atoms with Gasteiger partial charge in [-0.15, -0.1) is 0 Å². The van der Waals surface area contributed by atoms with Crippen LogP contribution in [-0.2, 0) is 13.1 Å². The minimum absolute atomic E-state index is 0.172. The second kappa shape index (κ2) is 12.0. The molecular formula is C24H37FN3O3+3. The van der Waals surface area contributed by atoms with Crippen molar-refractivity contribution in [1.82, 2.24) is 0 Å². The summed E-state index contributed by atoms with van der Waals surface area (Å²) in [6, 6.07) is 12.7. The van der Waals surface area contributed by atoms with Gasteiger partial charge < -0.3 is 29.7 Å². The first-order valence-electron chi connectivity index (χ1n) is 11.3. The maximum absolute atomic E-state index is 13.7. The van der Waals surface area contributed by atoms with Gasteiger partial charge in [-0.05, 0) is 31.2 Å². The van der Waals surface area contributed by atoms with Crippen LogP contribution in [0.1, 0.15) is 18.1 Å². The van der Waals surface area contributed by atoms with E-state index in [4.69, 9.17) is 9.47 Å². The van der Waals surface area contributed by atoms with Crippen molar-refractivity contribution in [2.24, 2.45) is 0 Å². The molecule has 1 aliphatic heterocycles. The lowest BCUT2D eigenvalue weighted by Crippen LogP contribution is -3.28. The van der Waals surface area contributed by atoms with Crippen LogP contribution < -0.4 is 24.6 Å². The molecule has 3 rings (SSSR count). The lowest BCUT2D eigenvalue weighted by atomic mass is 10.1. The van der Waals surface area contributed by atoms with Gasteiger partial charge in [0.25, 0.3) is 0 Å². The van der Waals surface area contributed by atoms with E-state index in [0.29, 0.717) is 36.7 Å². The minimum atomic E-state index is -0.503. The summed E-state index contributed by atoms with van der Waals surface area (Å²) in [6.07, 6.45) is -0.503. The third-order valence-electron chi connectivity index (χ3n) is 6.05. The number of nitrogens with two attached hydrogens (primary N) is 1. The fourth-order valence-corrected chi connectivity index (χ4v) is 4.11. The quantitative estimate of drug-likeness (QED) is 0.353. The number of halogens is 1. The normalized spacial score (nSPS) is 19.7. The van der Waals surface area contributed by atoms with Gasteiger partial charge in [0.2, 0.25) is 0 Å². The Bertz CT molecular complexity index is 812. The summed E-state index contributed by atoms with van der Waals surface area (Å²) in [6.45, 7) is 10.2. The highest BCUT2D eigenvalue weighted by Crippen LogP contribution is 2.27. The molecule has 1 fully saturated rings. The number of ether oxygens (including phenoxy) is 2. The number of hydrogen-bond acceptors (Lipinski definition) is 3. The van der Waals surface area contributed by atoms with E-state index in [1.807, 2.05) is 24.3 Å². The molecule has 1 aliphatic rings. The number of aliphatic hydroxyl groups excluding tert-OH is 1. The largest absolute Gasteiger partial charge is 0.493 e. The van der Waals surface area contributed by atoms with Gasteiger partial charge in [-0.1, -0.05) is 18.2 Å². The number of quaternary nitrogens is 3. The molecule has 0 bridgehead atoms. The Balaban J connectivity index is 1.45. The van der Waals surface area contributed by atoms with Crippen LogP contribution in [-0.4, -0.2) is 64.2 Å². The highest BCUT2D eigenvalue weighted by atomic mass is 19.1. The molecule has 0 aromatic heterocycles. The molecule has 1 unspecified atom stereocenters. The molecule has 1 heterocycles. The zero-order valence-electron chi connectivity index (χ0n) is 18.7. The predicted molar refractivity (Wildman–Crippen MR) is 117 cm³/mol. The van der Waals surface area contributed by atoms with E-state index in [1.54, 1.807) is 24.1 Å². The molecule has 6 nitrogen and oxygen atoms in total. The van der Waals surface area contributed by atoms with E-state index >= 15 is 0 Å². The smallest absolute Gasteiger partial charge is 0.161 e. The second-order valence-electron chi connectivity index (χ2n) is 8.30. The molecule has 1 atom stereocenters. The third kappa shape index (κ3) is 7.18. The fourth-order valence-electron chi connectivity index (χ4n) is 4.11. The highest BCUT2D eigenvalue weighted by molar-refractivity contribution is 5.42. The van der Waals surface area contributed by atoms with Gasteiger partial charge >= 0.3 is 0 Å². The molecule has 0 radical (unpaired) electrons. The number of methoxy groups -OCH3 is 1. The Hall–Kier alpha value is -2.19. The van der Waals surface area contributed by atoms with Crippen LogP contribution in [0.4, 0.5) is 4.39 Å². The average Bonchev–Trinajstić information content (AvgIpc) is 2.79. The van der Waals surface area contributed by atoms with Crippen LogP contribution >= 0.6 is 0 Å². The molecular weight excluding hydrogens is 397 g/mol. The van der Waals surface area contributed by atoms with Crippen molar-refractivity contribution in [3.05, 3.63) is 59.4 Å². The van der Waals surface area contributed by atoms with E-state index in [9.17, 15) is 9.50 Å². The van der Waals surface area contributed by atoms with Crippen molar-refractivity contribution in [2.75, 3.05) is 53.0 Å². The van der Waals surface area contributed by atoms with Gasteiger partial charge in [-0.3, -0.25) is 0 Å². The molecule has 0 spiro atoms. The predicted octanol–water partition coefficient (Wildman–Crippen LogP) is -1.36. The number of rotatable bonds is 11. The summed E-state index contributed by atoms with van der Waals surface area (Å²) in [4.78, 5) is 3.09. The van der Waals surface area contributed by atoms with E-state index in [2.05, 4.69) is 12.2 Å². The Labute approximate surface area is 184 Å². The lowest BCUT2D eigenvalue weighted by molar-refractivity contribution is -1.01. The van der Waals surface area contributed by atoms with Crippen molar-refractivity contribution >= 4 is 0 Å². The van der Waals surface area contributed by atoms with Gasteiger partial charge in [-0.25, -0.2) is 4.39 Å². The Morgan fingerprint density at radius 1 is 1.03 bits per heavy atom. The molecule has 5 N–H and O–H groups in total. The summed E-state index contributed by atoms with van der Waals surface area (Å²) in [7, 11) is 1.62. The minimum Gasteiger partial charge on any atom is -0.493 e. The van der Waals surface area contributed by atoms with Crippen LogP contribution in [0, 0.1) is 5.82 Å². The molecule has 2 aromatic rings. The number of aliphatic hydroxyl groups is 1. The zero-order valence-corrected chi connectivity index (χ0v) is 18.7. The monoisotopic (exact) mass is 434 g/mol. The van der Waals surface area contributed by atoms with Crippen molar-refractivity contribution < 1.29 is 34.1 Å². The van der Waals surface area contributed by atoms with Crippen molar-refractivity contribution in [3.63, 3.8) is 0 Å². The van der Waals surface area contributed by atoms with Gasteiger partial charge in [0.1, 0.15) is 64.3 Å². The molecule has 0 amide bonds. The summed E-state index contributed by atoms with van der Waals surface area (Å²) in [5.74, 6) is 1.11. The van der Waals surface area contributed by atoms with Crippen molar-refractivity contribution in [3.8, 4) is 11.5 Å². The highest BCUT2D eigenvalue weighted by Gasteiger charge is 2.24. The topological polar surface area (TPSA) is 64.2 Å². The van der Waals surface area contributed by atoms with Gasteiger partial charge in [0, 0.05) is 11.1 Å². The van der Waals surface area contributed by atoms with Crippen LogP contribution in [0.5, 0.6) is 11.5 Å². The Kier molecular flexibility index (Phi) is 9.09. The number of likely N-dealkylation sites (N-methyl/N-ethyl adjacent to an activating group) is 1. The van der Waals surface area contributed by atoms with Crippen molar-refractivity contribution in [1.29, 1.82) is 0 Å². The summed E-state index contributed by atoms with van der Waals surface area (Å²) in [5.41, 5.74) is 1.77. The van der Waals surface area contributed by atoms with Crippen LogP contribution in [0.3, 0.4) is 0 Å². The Morgan fingerprint density at radius 3 is 2.48 bits per heavy atom.